The second-order valence-corrected chi connectivity index (χ2v) is 8.54. The van der Waals surface area contributed by atoms with Crippen molar-refractivity contribution in [3.05, 3.63) is 35.9 Å². The first-order chi connectivity index (χ1) is 12.3. The fourth-order valence-corrected chi connectivity index (χ4v) is 5.34. The lowest BCUT2D eigenvalue weighted by Gasteiger charge is -2.34. The normalized spacial score (nSPS) is 18.0. The molecule has 1 saturated carbocycles. The second kappa shape index (κ2) is 8.64. The summed E-state index contributed by atoms with van der Waals surface area (Å²) in [7, 11) is -2.75. The van der Waals surface area contributed by atoms with Gasteiger partial charge in [-0.3, -0.25) is 9.59 Å². The number of esters is 1. The highest BCUT2D eigenvalue weighted by atomic mass is 32.2. The number of benzene rings is 1. The Hall–Kier alpha value is -1.93. The molecule has 0 unspecified atom stereocenters. The zero-order chi connectivity index (χ0) is 19.2. The summed E-state index contributed by atoms with van der Waals surface area (Å²) in [5.41, 5.74) is -0.391. The van der Waals surface area contributed by atoms with E-state index in [-0.39, 0.29) is 6.42 Å². The molecule has 1 aliphatic rings. The molecular weight excluding hydrogens is 358 g/mol. The second-order valence-electron chi connectivity index (χ2n) is 6.79. The van der Waals surface area contributed by atoms with Crippen molar-refractivity contribution in [1.29, 1.82) is 0 Å². The Morgan fingerprint density at radius 1 is 1.19 bits per heavy atom. The Labute approximate surface area is 153 Å². The summed E-state index contributed by atoms with van der Waals surface area (Å²) in [6, 6.07) is 7.50. The molecular formula is C18H25NO6S. The van der Waals surface area contributed by atoms with Crippen molar-refractivity contribution < 1.29 is 27.9 Å². The van der Waals surface area contributed by atoms with Crippen LogP contribution in [0, 0.1) is 5.41 Å². The van der Waals surface area contributed by atoms with Crippen LogP contribution < -0.4 is 4.72 Å². The van der Waals surface area contributed by atoms with Gasteiger partial charge in [-0.15, -0.1) is 0 Å². The quantitative estimate of drug-likeness (QED) is 0.662. The molecule has 2 rings (SSSR count). The zero-order valence-electron chi connectivity index (χ0n) is 14.8. The average molecular weight is 383 g/mol. The maximum atomic E-state index is 12.6. The van der Waals surface area contributed by atoms with Gasteiger partial charge in [-0.2, -0.15) is 0 Å². The molecule has 0 radical (unpaired) electrons. The van der Waals surface area contributed by atoms with E-state index < -0.39 is 39.2 Å². The van der Waals surface area contributed by atoms with E-state index >= 15 is 0 Å². The minimum Gasteiger partial charge on any atom is -0.480 e. The lowest BCUT2D eigenvalue weighted by atomic mass is 9.75. The van der Waals surface area contributed by atoms with Gasteiger partial charge in [-0.25, -0.2) is 13.1 Å². The lowest BCUT2D eigenvalue weighted by molar-refractivity contribution is -0.153. The van der Waals surface area contributed by atoms with Crippen LogP contribution in [0.4, 0.5) is 0 Å². The van der Waals surface area contributed by atoms with Gasteiger partial charge in [0.15, 0.2) is 0 Å². The van der Waals surface area contributed by atoms with Crippen LogP contribution in [0.2, 0.25) is 0 Å². The van der Waals surface area contributed by atoms with Gasteiger partial charge < -0.3 is 9.84 Å². The maximum absolute atomic E-state index is 12.6. The summed E-state index contributed by atoms with van der Waals surface area (Å²) in [5, 5.41) is 9.40. The molecule has 2 N–H and O–H groups in total. The number of hydrogen-bond donors (Lipinski definition) is 2. The zero-order valence-corrected chi connectivity index (χ0v) is 15.6. The number of ether oxygens (including phenoxy) is 1. The molecule has 26 heavy (non-hydrogen) atoms. The Morgan fingerprint density at radius 3 is 2.35 bits per heavy atom. The van der Waals surface area contributed by atoms with Crippen LogP contribution in [-0.4, -0.2) is 44.4 Å². The average Bonchev–Trinajstić information content (AvgIpc) is 2.61. The molecule has 7 nitrogen and oxygen atoms in total. The minimum atomic E-state index is -3.99. The van der Waals surface area contributed by atoms with Crippen molar-refractivity contribution in [1.82, 2.24) is 4.72 Å². The minimum absolute atomic E-state index is 0.0284. The molecule has 1 aromatic rings. The van der Waals surface area contributed by atoms with Crippen LogP contribution in [0.25, 0.3) is 0 Å². The Kier molecular flexibility index (Phi) is 6.77. The van der Waals surface area contributed by atoms with E-state index in [9.17, 15) is 23.1 Å². The van der Waals surface area contributed by atoms with Crippen LogP contribution in [-0.2, 0) is 30.8 Å². The van der Waals surface area contributed by atoms with Crippen LogP contribution in [0.15, 0.2) is 30.3 Å². The molecule has 0 bridgehead atoms. The Bertz CT molecular complexity index is 725. The van der Waals surface area contributed by atoms with Crippen molar-refractivity contribution >= 4 is 22.0 Å². The predicted octanol–water partition coefficient (Wildman–Crippen LogP) is 1.73. The molecule has 8 heteroatoms. The number of nitrogens with one attached hydrogen (secondary N) is 1. The van der Waals surface area contributed by atoms with E-state index in [0.29, 0.717) is 18.4 Å². The molecule has 0 amide bonds. The van der Waals surface area contributed by atoms with Crippen LogP contribution in [0.3, 0.4) is 0 Å². The van der Waals surface area contributed by atoms with E-state index in [2.05, 4.69) is 4.72 Å². The van der Waals surface area contributed by atoms with Gasteiger partial charge in [0.25, 0.3) is 0 Å². The molecule has 0 saturated heterocycles. The van der Waals surface area contributed by atoms with Gasteiger partial charge in [-0.05, 0) is 24.8 Å². The summed E-state index contributed by atoms with van der Waals surface area (Å²) >= 11 is 0. The largest absolute Gasteiger partial charge is 0.480 e. The first kappa shape index (κ1) is 20.4. The molecule has 1 fully saturated rings. The number of carbonyl (C=O) groups excluding carboxylic acids is 1. The third kappa shape index (κ3) is 5.28. The molecule has 1 aliphatic carbocycles. The van der Waals surface area contributed by atoms with Crippen molar-refractivity contribution in [3.63, 3.8) is 0 Å². The number of methoxy groups -OCH3 is 1. The predicted molar refractivity (Wildman–Crippen MR) is 96.0 cm³/mol. The third-order valence-electron chi connectivity index (χ3n) is 4.80. The lowest BCUT2D eigenvalue weighted by Crippen LogP contribution is -2.49. The number of hydrogen-bond acceptors (Lipinski definition) is 5. The fourth-order valence-electron chi connectivity index (χ4n) is 3.50. The molecule has 144 valence electrons. The number of sulfonamides is 1. The highest BCUT2D eigenvalue weighted by Crippen LogP contribution is 2.38. The number of carboxylic acid groups (broad SMARTS) is 1. The van der Waals surface area contributed by atoms with Gasteiger partial charge in [0.05, 0.1) is 18.3 Å². The summed E-state index contributed by atoms with van der Waals surface area (Å²) in [4.78, 5) is 23.8. The highest BCUT2D eigenvalue weighted by molar-refractivity contribution is 7.89. The van der Waals surface area contributed by atoms with Gasteiger partial charge in [-0.1, -0.05) is 49.6 Å². The van der Waals surface area contributed by atoms with E-state index in [0.717, 1.165) is 19.3 Å². The van der Waals surface area contributed by atoms with Crippen LogP contribution >= 0.6 is 0 Å². The number of carboxylic acids is 1. The topological polar surface area (TPSA) is 110 Å². The smallest absolute Gasteiger partial charge is 0.322 e. The summed E-state index contributed by atoms with van der Waals surface area (Å²) in [6.45, 7) is 0. The molecule has 1 aromatic carbocycles. The van der Waals surface area contributed by atoms with Crippen molar-refractivity contribution in [2.75, 3.05) is 12.9 Å². The molecule has 0 aliphatic heterocycles. The fraction of sp³-hybridized carbons (Fsp3) is 0.556. The molecule has 0 aromatic heterocycles. The summed E-state index contributed by atoms with van der Waals surface area (Å²) < 4.78 is 32.4. The first-order valence-electron chi connectivity index (χ1n) is 8.63. The van der Waals surface area contributed by atoms with Crippen LogP contribution in [0.1, 0.15) is 37.7 Å². The number of rotatable bonds is 8. The molecule has 0 heterocycles. The SMILES string of the molecule is COC(=O)C1(CS(=O)(=O)N[C@@H](Cc2ccccc2)C(=O)O)CCCCC1. The van der Waals surface area contributed by atoms with Crippen LogP contribution in [0.5, 0.6) is 0 Å². The number of carbonyl (C=O) groups is 2. The van der Waals surface area contributed by atoms with Crippen molar-refractivity contribution in [3.8, 4) is 0 Å². The Morgan fingerprint density at radius 2 is 1.81 bits per heavy atom. The van der Waals surface area contributed by atoms with Gasteiger partial charge in [0.1, 0.15) is 6.04 Å². The van der Waals surface area contributed by atoms with Crippen molar-refractivity contribution in [2.24, 2.45) is 5.41 Å². The molecule has 0 spiro atoms. The summed E-state index contributed by atoms with van der Waals surface area (Å²) in [6.07, 6.45) is 3.32. The number of aliphatic carboxylic acids is 1. The first-order valence-corrected chi connectivity index (χ1v) is 10.3. The summed E-state index contributed by atoms with van der Waals surface area (Å²) in [5.74, 6) is -2.25. The molecule has 1 atom stereocenters. The van der Waals surface area contributed by atoms with E-state index in [1.165, 1.54) is 7.11 Å². The standard InChI is InChI=1S/C18H25NO6S/c1-25-17(22)18(10-6-3-7-11-18)13-26(23,24)19-15(16(20)21)12-14-8-4-2-5-9-14/h2,4-5,8-9,15,19H,3,6-7,10-13H2,1H3,(H,20,21)/t15-/m0/s1. The van der Waals surface area contributed by atoms with E-state index in [4.69, 9.17) is 4.74 Å². The van der Waals surface area contributed by atoms with Gasteiger partial charge >= 0.3 is 11.9 Å². The third-order valence-corrected chi connectivity index (χ3v) is 6.37. The van der Waals surface area contributed by atoms with Crippen molar-refractivity contribution in [2.45, 2.75) is 44.6 Å². The van der Waals surface area contributed by atoms with E-state index in [1.54, 1.807) is 30.3 Å². The van der Waals surface area contributed by atoms with E-state index in [1.807, 2.05) is 0 Å². The highest BCUT2D eigenvalue weighted by Gasteiger charge is 2.45. The van der Waals surface area contributed by atoms with Gasteiger partial charge in [0, 0.05) is 0 Å². The maximum Gasteiger partial charge on any atom is 0.322 e. The monoisotopic (exact) mass is 383 g/mol. The van der Waals surface area contributed by atoms with Gasteiger partial charge in [0.2, 0.25) is 10.0 Å². The Balaban J connectivity index is 2.16.